The van der Waals surface area contributed by atoms with Crippen LogP contribution in [0.2, 0.25) is 0 Å². The maximum atomic E-state index is 12.8. The number of nitrogens with one attached hydrogen (secondary N) is 2. The van der Waals surface area contributed by atoms with E-state index in [1.165, 1.54) is 0 Å². The highest BCUT2D eigenvalue weighted by molar-refractivity contribution is 7.89. The van der Waals surface area contributed by atoms with E-state index in [0.717, 1.165) is 82.1 Å². The van der Waals surface area contributed by atoms with E-state index in [1.807, 2.05) is 6.07 Å². The molecule has 6 nitrogen and oxygen atoms in total. The van der Waals surface area contributed by atoms with Gasteiger partial charge < -0.3 is 10.2 Å². The fourth-order valence-corrected chi connectivity index (χ4v) is 6.59. The van der Waals surface area contributed by atoms with Crippen molar-refractivity contribution in [2.45, 2.75) is 81.7 Å². The topological polar surface area (TPSA) is 78.5 Å². The van der Waals surface area contributed by atoms with Gasteiger partial charge in [0.25, 0.3) is 0 Å². The molecule has 1 saturated heterocycles. The first-order valence-corrected chi connectivity index (χ1v) is 13.1. The van der Waals surface area contributed by atoms with Crippen LogP contribution in [-0.4, -0.2) is 44.9 Å². The largest absolute Gasteiger partial charge is 0.349 e. The van der Waals surface area contributed by atoms with Crippen molar-refractivity contribution in [1.82, 2.24) is 14.9 Å². The number of fused-ring (bicyclic) bond motifs is 1. The summed E-state index contributed by atoms with van der Waals surface area (Å²) in [5.74, 6) is 0.552. The molecule has 1 atom stereocenters. The Bertz CT molecular complexity index is 856. The number of benzene rings is 1. The number of sulfonamides is 1. The van der Waals surface area contributed by atoms with Gasteiger partial charge in [-0.2, -0.15) is 0 Å². The number of carbonyl (C=O) groups is 1. The van der Waals surface area contributed by atoms with Gasteiger partial charge in [0.1, 0.15) is 0 Å². The molecule has 0 aromatic heterocycles. The Morgan fingerprint density at radius 2 is 1.83 bits per heavy atom. The third-order valence-corrected chi connectivity index (χ3v) is 8.66. The summed E-state index contributed by atoms with van der Waals surface area (Å²) < 4.78 is 28.5. The summed E-state index contributed by atoms with van der Waals surface area (Å²) in [6, 6.07) is 5.39. The summed E-state index contributed by atoms with van der Waals surface area (Å²) in [7, 11) is -3.52. The van der Waals surface area contributed by atoms with Gasteiger partial charge in [-0.3, -0.25) is 4.79 Å². The predicted octanol–water partition coefficient (Wildman–Crippen LogP) is 3.13. The van der Waals surface area contributed by atoms with E-state index in [0.29, 0.717) is 17.2 Å². The zero-order valence-corrected chi connectivity index (χ0v) is 18.8. The third kappa shape index (κ3) is 5.06. The molecule has 1 heterocycles. The predicted molar refractivity (Wildman–Crippen MR) is 118 cm³/mol. The zero-order chi connectivity index (χ0) is 21.1. The molecule has 1 aromatic carbocycles. The molecule has 1 aliphatic heterocycles. The van der Waals surface area contributed by atoms with Crippen LogP contribution in [0, 0.1) is 5.92 Å². The SMILES string of the molecule is CCN1CCC(CC(=O)N[C@H]2CCc3ccc(S(=O)(=O)NC4CCCC4)cc32)CC1. The molecule has 0 bridgehead atoms. The van der Waals surface area contributed by atoms with E-state index in [2.05, 4.69) is 21.9 Å². The van der Waals surface area contributed by atoms with Gasteiger partial charge in [-0.15, -0.1) is 0 Å². The second kappa shape index (κ2) is 9.37. The van der Waals surface area contributed by atoms with Crippen molar-refractivity contribution in [3.8, 4) is 0 Å². The highest BCUT2D eigenvalue weighted by Gasteiger charge is 2.29. The van der Waals surface area contributed by atoms with Crippen LogP contribution in [0.3, 0.4) is 0 Å². The van der Waals surface area contributed by atoms with E-state index >= 15 is 0 Å². The zero-order valence-electron chi connectivity index (χ0n) is 18.0. The Labute approximate surface area is 180 Å². The van der Waals surface area contributed by atoms with E-state index in [-0.39, 0.29) is 18.0 Å². The molecule has 4 rings (SSSR count). The van der Waals surface area contributed by atoms with Gasteiger partial charge in [-0.05, 0) is 87.3 Å². The van der Waals surface area contributed by atoms with Gasteiger partial charge in [0.05, 0.1) is 10.9 Å². The monoisotopic (exact) mass is 433 g/mol. The number of likely N-dealkylation sites (tertiary alicyclic amines) is 1. The standard InChI is InChI=1S/C23H35N3O3S/c1-2-26-13-11-17(12-14-26)15-23(27)24-22-10-8-18-7-9-20(16-21(18)22)30(28,29)25-19-5-3-4-6-19/h7,9,16-17,19,22,25H,2-6,8,10-15H2,1H3,(H,24,27)/t22-/m0/s1. The van der Waals surface area contributed by atoms with Crippen molar-refractivity contribution in [3.05, 3.63) is 29.3 Å². The van der Waals surface area contributed by atoms with Crippen LogP contribution in [0.4, 0.5) is 0 Å². The molecule has 3 aliphatic rings. The molecule has 7 heteroatoms. The van der Waals surface area contributed by atoms with Gasteiger partial charge in [0.15, 0.2) is 0 Å². The fraction of sp³-hybridized carbons (Fsp3) is 0.696. The number of nitrogens with zero attached hydrogens (tertiary/aromatic N) is 1. The molecule has 166 valence electrons. The minimum Gasteiger partial charge on any atom is -0.349 e. The van der Waals surface area contributed by atoms with Crippen LogP contribution in [0.5, 0.6) is 0 Å². The lowest BCUT2D eigenvalue weighted by Crippen LogP contribution is -2.36. The van der Waals surface area contributed by atoms with Crippen molar-refractivity contribution in [2.75, 3.05) is 19.6 Å². The second-order valence-electron chi connectivity index (χ2n) is 9.20. The number of aryl methyl sites for hydroxylation is 1. The summed E-state index contributed by atoms with van der Waals surface area (Å²) in [6.45, 7) is 5.42. The lowest BCUT2D eigenvalue weighted by Gasteiger charge is -2.30. The maximum absolute atomic E-state index is 12.8. The maximum Gasteiger partial charge on any atom is 0.240 e. The van der Waals surface area contributed by atoms with Crippen LogP contribution in [0.1, 0.15) is 75.5 Å². The molecule has 2 N–H and O–H groups in total. The van der Waals surface area contributed by atoms with E-state index in [9.17, 15) is 13.2 Å². The van der Waals surface area contributed by atoms with Gasteiger partial charge in [-0.25, -0.2) is 13.1 Å². The van der Waals surface area contributed by atoms with Crippen LogP contribution >= 0.6 is 0 Å². The third-order valence-electron chi connectivity index (χ3n) is 7.15. The fourth-order valence-electron chi connectivity index (χ4n) is 5.25. The Morgan fingerprint density at radius 1 is 1.10 bits per heavy atom. The van der Waals surface area contributed by atoms with Crippen LogP contribution in [-0.2, 0) is 21.2 Å². The first-order valence-electron chi connectivity index (χ1n) is 11.6. The molecule has 1 amide bonds. The minimum atomic E-state index is -3.52. The lowest BCUT2D eigenvalue weighted by atomic mass is 9.93. The number of piperidine rings is 1. The highest BCUT2D eigenvalue weighted by atomic mass is 32.2. The minimum absolute atomic E-state index is 0.0536. The first kappa shape index (κ1) is 21.8. The number of hydrogen-bond donors (Lipinski definition) is 2. The van der Waals surface area contributed by atoms with Crippen LogP contribution in [0.15, 0.2) is 23.1 Å². The molecular weight excluding hydrogens is 398 g/mol. The lowest BCUT2D eigenvalue weighted by molar-refractivity contribution is -0.123. The Morgan fingerprint density at radius 3 is 2.53 bits per heavy atom. The van der Waals surface area contributed by atoms with Crippen molar-refractivity contribution in [2.24, 2.45) is 5.92 Å². The van der Waals surface area contributed by atoms with Crippen LogP contribution in [0.25, 0.3) is 0 Å². The van der Waals surface area contributed by atoms with Gasteiger partial charge >= 0.3 is 0 Å². The molecule has 30 heavy (non-hydrogen) atoms. The summed E-state index contributed by atoms with van der Waals surface area (Å²) in [6.07, 6.45) is 8.46. The van der Waals surface area contributed by atoms with Crippen molar-refractivity contribution in [3.63, 3.8) is 0 Å². The van der Waals surface area contributed by atoms with Crippen molar-refractivity contribution in [1.29, 1.82) is 0 Å². The smallest absolute Gasteiger partial charge is 0.240 e. The average molecular weight is 434 g/mol. The average Bonchev–Trinajstić information content (AvgIpc) is 3.38. The first-order chi connectivity index (χ1) is 14.4. The van der Waals surface area contributed by atoms with Crippen molar-refractivity contribution < 1.29 is 13.2 Å². The van der Waals surface area contributed by atoms with Crippen molar-refractivity contribution >= 4 is 15.9 Å². The van der Waals surface area contributed by atoms with Gasteiger partial charge in [-0.1, -0.05) is 25.8 Å². The molecule has 1 aromatic rings. The quantitative estimate of drug-likeness (QED) is 0.692. The van der Waals surface area contributed by atoms with E-state index < -0.39 is 10.0 Å². The molecular formula is C23H35N3O3S. The Balaban J connectivity index is 1.38. The van der Waals surface area contributed by atoms with Gasteiger partial charge in [0.2, 0.25) is 15.9 Å². The molecule has 0 unspecified atom stereocenters. The van der Waals surface area contributed by atoms with E-state index in [1.54, 1.807) is 12.1 Å². The number of amides is 1. The molecule has 2 fully saturated rings. The molecule has 0 radical (unpaired) electrons. The van der Waals surface area contributed by atoms with Crippen LogP contribution < -0.4 is 10.0 Å². The summed E-state index contributed by atoms with van der Waals surface area (Å²) in [4.78, 5) is 15.4. The Hall–Kier alpha value is -1.44. The normalized spacial score (nSPS) is 23.6. The molecule has 1 saturated carbocycles. The number of rotatable bonds is 7. The summed E-state index contributed by atoms with van der Waals surface area (Å²) in [5.41, 5.74) is 2.12. The highest BCUT2D eigenvalue weighted by Crippen LogP contribution is 2.33. The van der Waals surface area contributed by atoms with Gasteiger partial charge in [0, 0.05) is 12.5 Å². The summed E-state index contributed by atoms with van der Waals surface area (Å²) in [5, 5.41) is 3.19. The second-order valence-corrected chi connectivity index (χ2v) is 10.9. The Kier molecular flexibility index (Phi) is 6.80. The molecule has 0 spiro atoms. The number of carbonyl (C=O) groups excluding carboxylic acids is 1. The van der Waals surface area contributed by atoms with E-state index in [4.69, 9.17) is 0 Å². The molecule has 2 aliphatic carbocycles. The summed E-state index contributed by atoms with van der Waals surface area (Å²) >= 11 is 0. The number of hydrogen-bond acceptors (Lipinski definition) is 4.